The monoisotopic (exact) mass is 250 g/mol. The van der Waals surface area contributed by atoms with E-state index >= 15 is 0 Å². The molecule has 0 aromatic heterocycles. The van der Waals surface area contributed by atoms with Gasteiger partial charge in [0.05, 0.1) is 17.4 Å². The maximum Gasteiger partial charge on any atom is 0.216 e. The van der Waals surface area contributed by atoms with Crippen molar-refractivity contribution in [3.05, 3.63) is 35.4 Å². The number of rotatable bonds is 4. The van der Waals surface area contributed by atoms with E-state index in [2.05, 4.69) is 4.72 Å². The van der Waals surface area contributed by atoms with Crippen molar-refractivity contribution in [2.45, 2.75) is 31.1 Å². The lowest BCUT2D eigenvalue weighted by Crippen LogP contribution is -2.35. The third-order valence-corrected chi connectivity index (χ3v) is 4.36. The largest absolute Gasteiger partial charge is 0.216 e. The van der Waals surface area contributed by atoms with Gasteiger partial charge in [0.1, 0.15) is 0 Å². The summed E-state index contributed by atoms with van der Waals surface area (Å²) in [7, 11) is -3.28. The molecule has 1 fully saturated rings. The lowest BCUT2D eigenvalue weighted by Gasteiger charge is -2.11. The third-order valence-electron chi connectivity index (χ3n) is 2.84. The Labute approximate surface area is 101 Å². The zero-order chi connectivity index (χ0) is 12.5. The molecule has 17 heavy (non-hydrogen) atoms. The molecule has 0 saturated heterocycles. The Morgan fingerprint density at radius 1 is 1.35 bits per heavy atom. The SMILES string of the molecule is CC1(NS(=O)(=O)Cc2ccc(C#N)cc2)CC1. The second-order valence-electron chi connectivity index (χ2n) is 4.73. The number of nitrogens with one attached hydrogen (secondary N) is 1. The normalized spacial score (nSPS) is 17.4. The minimum atomic E-state index is -3.28. The van der Waals surface area contributed by atoms with Crippen molar-refractivity contribution >= 4 is 10.0 Å². The van der Waals surface area contributed by atoms with Gasteiger partial charge in [-0.3, -0.25) is 0 Å². The van der Waals surface area contributed by atoms with Gasteiger partial charge in [0.25, 0.3) is 0 Å². The van der Waals surface area contributed by atoms with Gasteiger partial charge in [-0.15, -0.1) is 0 Å². The Kier molecular flexibility index (Phi) is 2.94. The number of sulfonamides is 1. The molecular formula is C12H14N2O2S. The van der Waals surface area contributed by atoms with Crippen LogP contribution in [-0.4, -0.2) is 14.0 Å². The standard InChI is InChI=1S/C12H14N2O2S/c1-12(6-7-12)14-17(15,16)9-11-4-2-10(8-13)3-5-11/h2-5,14H,6-7,9H2,1H3. The topological polar surface area (TPSA) is 70.0 Å². The highest BCUT2D eigenvalue weighted by Gasteiger charge is 2.40. The summed E-state index contributed by atoms with van der Waals surface area (Å²) >= 11 is 0. The summed E-state index contributed by atoms with van der Waals surface area (Å²) < 4.78 is 26.4. The van der Waals surface area contributed by atoms with E-state index in [1.165, 1.54) is 0 Å². The average Bonchev–Trinajstić information content (AvgIpc) is 2.95. The zero-order valence-electron chi connectivity index (χ0n) is 9.60. The summed E-state index contributed by atoms with van der Waals surface area (Å²) in [5.41, 5.74) is 1.000. The number of benzene rings is 1. The fraction of sp³-hybridized carbons (Fsp3) is 0.417. The molecule has 2 rings (SSSR count). The first-order valence-corrected chi connectivity index (χ1v) is 7.08. The van der Waals surface area contributed by atoms with Crippen molar-refractivity contribution in [2.75, 3.05) is 0 Å². The molecule has 90 valence electrons. The molecule has 0 spiro atoms. The molecule has 0 atom stereocenters. The van der Waals surface area contributed by atoms with Crippen molar-refractivity contribution in [2.24, 2.45) is 0 Å². The van der Waals surface area contributed by atoms with Crippen LogP contribution in [0.5, 0.6) is 0 Å². The van der Waals surface area contributed by atoms with Crippen LogP contribution in [0.2, 0.25) is 0 Å². The maximum absolute atomic E-state index is 11.8. The highest BCUT2D eigenvalue weighted by Crippen LogP contribution is 2.35. The molecule has 1 saturated carbocycles. The number of hydrogen-bond acceptors (Lipinski definition) is 3. The summed E-state index contributed by atoms with van der Waals surface area (Å²) in [6.07, 6.45) is 1.80. The summed E-state index contributed by atoms with van der Waals surface area (Å²) in [4.78, 5) is 0. The second kappa shape index (κ2) is 4.13. The van der Waals surface area contributed by atoms with Crippen LogP contribution in [0.4, 0.5) is 0 Å². The van der Waals surface area contributed by atoms with E-state index in [0.717, 1.165) is 12.8 Å². The average molecular weight is 250 g/mol. The van der Waals surface area contributed by atoms with Crippen LogP contribution in [0, 0.1) is 11.3 Å². The first-order valence-electron chi connectivity index (χ1n) is 5.43. The molecule has 0 unspecified atom stereocenters. The summed E-state index contributed by atoms with van der Waals surface area (Å²) in [5, 5.41) is 8.64. The van der Waals surface area contributed by atoms with Gasteiger partial charge in [-0.1, -0.05) is 12.1 Å². The highest BCUT2D eigenvalue weighted by atomic mass is 32.2. The van der Waals surface area contributed by atoms with Crippen LogP contribution in [-0.2, 0) is 15.8 Å². The first kappa shape index (κ1) is 12.1. The van der Waals surface area contributed by atoms with E-state index in [0.29, 0.717) is 11.1 Å². The predicted octanol–water partition coefficient (Wildman–Crippen LogP) is 1.53. The molecule has 0 radical (unpaired) electrons. The Morgan fingerprint density at radius 2 is 1.94 bits per heavy atom. The molecule has 1 aliphatic carbocycles. The molecule has 0 bridgehead atoms. The molecule has 0 heterocycles. The summed E-state index contributed by atoms with van der Waals surface area (Å²) in [5.74, 6) is -0.0334. The van der Waals surface area contributed by atoms with E-state index in [9.17, 15) is 8.42 Å². The number of nitriles is 1. The van der Waals surface area contributed by atoms with Crippen LogP contribution in [0.15, 0.2) is 24.3 Å². The van der Waals surface area contributed by atoms with E-state index in [1.54, 1.807) is 24.3 Å². The summed E-state index contributed by atoms with van der Waals surface area (Å²) in [6.45, 7) is 1.91. The zero-order valence-corrected chi connectivity index (χ0v) is 10.4. The van der Waals surface area contributed by atoms with Gasteiger partial charge in [0.15, 0.2) is 0 Å². The third kappa shape index (κ3) is 3.29. The van der Waals surface area contributed by atoms with Gasteiger partial charge in [-0.2, -0.15) is 5.26 Å². The number of nitrogens with zero attached hydrogens (tertiary/aromatic N) is 1. The van der Waals surface area contributed by atoms with Crippen molar-refractivity contribution < 1.29 is 8.42 Å². The van der Waals surface area contributed by atoms with Gasteiger partial charge >= 0.3 is 0 Å². The molecule has 4 nitrogen and oxygen atoms in total. The van der Waals surface area contributed by atoms with Gasteiger partial charge in [0.2, 0.25) is 10.0 Å². The van der Waals surface area contributed by atoms with Crippen molar-refractivity contribution in [3.8, 4) is 6.07 Å². The van der Waals surface area contributed by atoms with E-state index in [-0.39, 0.29) is 11.3 Å². The second-order valence-corrected chi connectivity index (χ2v) is 6.45. The van der Waals surface area contributed by atoms with E-state index in [4.69, 9.17) is 5.26 Å². The Balaban J connectivity index is 2.07. The quantitative estimate of drug-likeness (QED) is 0.881. The highest BCUT2D eigenvalue weighted by molar-refractivity contribution is 7.88. The Hall–Kier alpha value is -1.38. The van der Waals surface area contributed by atoms with Gasteiger partial charge in [-0.25, -0.2) is 13.1 Å². The predicted molar refractivity (Wildman–Crippen MR) is 64.6 cm³/mol. The Bertz CT molecular complexity index is 551. The van der Waals surface area contributed by atoms with Gasteiger partial charge in [0, 0.05) is 5.54 Å². The molecule has 0 amide bonds. The van der Waals surface area contributed by atoms with Crippen molar-refractivity contribution in [1.29, 1.82) is 5.26 Å². The fourth-order valence-corrected chi connectivity index (χ4v) is 3.25. The van der Waals surface area contributed by atoms with Gasteiger partial charge in [-0.05, 0) is 37.5 Å². The molecule has 1 aromatic rings. The van der Waals surface area contributed by atoms with Crippen LogP contribution in [0.3, 0.4) is 0 Å². The van der Waals surface area contributed by atoms with E-state index in [1.807, 2.05) is 13.0 Å². The maximum atomic E-state index is 11.8. The van der Waals surface area contributed by atoms with E-state index < -0.39 is 10.0 Å². The molecule has 1 N–H and O–H groups in total. The lowest BCUT2D eigenvalue weighted by atomic mass is 10.2. The van der Waals surface area contributed by atoms with Crippen molar-refractivity contribution in [3.63, 3.8) is 0 Å². The molecule has 1 aromatic carbocycles. The smallest absolute Gasteiger partial charge is 0.212 e. The van der Waals surface area contributed by atoms with Crippen molar-refractivity contribution in [1.82, 2.24) is 4.72 Å². The molecule has 5 heteroatoms. The van der Waals surface area contributed by atoms with Gasteiger partial charge < -0.3 is 0 Å². The molecule has 0 aliphatic heterocycles. The minimum absolute atomic E-state index is 0.0334. The molecular weight excluding hydrogens is 236 g/mol. The molecule has 1 aliphatic rings. The minimum Gasteiger partial charge on any atom is -0.212 e. The lowest BCUT2D eigenvalue weighted by molar-refractivity contribution is 0.557. The number of hydrogen-bond donors (Lipinski definition) is 1. The van der Waals surface area contributed by atoms with Crippen LogP contribution < -0.4 is 4.72 Å². The first-order chi connectivity index (χ1) is 7.92. The van der Waals surface area contributed by atoms with Crippen LogP contribution in [0.1, 0.15) is 30.9 Å². The Morgan fingerprint density at radius 3 is 2.41 bits per heavy atom. The summed E-state index contributed by atoms with van der Waals surface area (Å²) in [6, 6.07) is 8.60. The van der Waals surface area contributed by atoms with Crippen LogP contribution >= 0.6 is 0 Å². The fourth-order valence-electron chi connectivity index (χ4n) is 1.60. The van der Waals surface area contributed by atoms with Crippen LogP contribution in [0.25, 0.3) is 0 Å².